The molecule has 3 rings (SSSR count). The molecule has 0 saturated carbocycles. The molecule has 38 heavy (non-hydrogen) atoms. The van der Waals surface area contributed by atoms with Gasteiger partial charge in [0.1, 0.15) is 5.75 Å². The Morgan fingerprint density at radius 1 is 1.08 bits per heavy atom. The van der Waals surface area contributed by atoms with Crippen LogP contribution in [0.4, 0.5) is 35.0 Å². The second-order valence-corrected chi connectivity index (χ2v) is 9.82. The van der Waals surface area contributed by atoms with Crippen molar-refractivity contribution in [3.05, 3.63) is 48.0 Å². The van der Waals surface area contributed by atoms with E-state index in [0.717, 1.165) is 42.8 Å². The minimum absolute atomic E-state index is 0.0625. The van der Waals surface area contributed by atoms with Gasteiger partial charge < -0.3 is 30.1 Å². The Balaban J connectivity index is 1.87. The van der Waals surface area contributed by atoms with Crippen molar-refractivity contribution in [2.24, 2.45) is 5.92 Å². The summed E-state index contributed by atoms with van der Waals surface area (Å²) in [5, 5.41) is 14.7. The maximum atomic E-state index is 13.0. The lowest BCUT2D eigenvalue weighted by Crippen LogP contribution is -2.42. The second-order valence-electron chi connectivity index (χ2n) is 9.82. The third kappa shape index (κ3) is 8.83. The van der Waals surface area contributed by atoms with Gasteiger partial charge in [-0.2, -0.15) is 0 Å². The highest BCUT2D eigenvalue weighted by Gasteiger charge is 2.31. The number of nitrogens with one attached hydrogen (secondary N) is 2. The average Bonchev–Trinajstić information content (AvgIpc) is 2.83. The first-order valence-electron chi connectivity index (χ1n) is 12.5. The fourth-order valence-electron chi connectivity index (χ4n) is 4.45. The lowest BCUT2D eigenvalue weighted by molar-refractivity contribution is -0.274. The van der Waals surface area contributed by atoms with E-state index in [4.69, 9.17) is 4.74 Å². The fourth-order valence-corrected chi connectivity index (χ4v) is 4.45. The number of urea groups is 1. The lowest BCUT2D eigenvalue weighted by Gasteiger charge is -2.38. The molecule has 0 bridgehead atoms. The Hall–Kier alpha value is -3.47. The molecule has 8 nitrogen and oxygen atoms in total. The Labute approximate surface area is 220 Å². The molecule has 2 amide bonds. The van der Waals surface area contributed by atoms with Crippen molar-refractivity contribution in [3.63, 3.8) is 0 Å². The topological polar surface area (TPSA) is 100 Å². The molecule has 2 aromatic rings. The number of carboxylic acids is 1. The summed E-state index contributed by atoms with van der Waals surface area (Å²) in [7, 11) is 0. The van der Waals surface area contributed by atoms with Gasteiger partial charge in [0.2, 0.25) is 0 Å². The highest BCUT2D eigenvalue weighted by molar-refractivity contribution is 6.02. The van der Waals surface area contributed by atoms with Crippen molar-refractivity contribution in [3.8, 4) is 5.75 Å². The molecule has 1 fully saturated rings. The van der Waals surface area contributed by atoms with Crippen molar-refractivity contribution in [2.75, 3.05) is 35.3 Å². The summed E-state index contributed by atoms with van der Waals surface area (Å²) in [6.07, 6.45) is -3.20. The van der Waals surface area contributed by atoms with Gasteiger partial charge in [0.05, 0.1) is 17.8 Å². The number of hydrogen-bond donors (Lipinski definition) is 3. The van der Waals surface area contributed by atoms with E-state index in [-0.39, 0.29) is 24.1 Å². The average molecular weight is 538 g/mol. The third-order valence-electron chi connectivity index (χ3n) is 6.17. The first-order valence-corrected chi connectivity index (χ1v) is 12.5. The predicted molar refractivity (Wildman–Crippen MR) is 139 cm³/mol. The largest absolute Gasteiger partial charge is 0.573 e. The van der Waals surface area contributed by atoms with Crippen LogP contribution < -0.4 is 20.3 Å². The van der Waals surface area contributed by atoms with Crippen LogP contribution in [0.5, 0.6) is 5.75 Å². The van der Waals surface area contributed by atoms with E-state index in [0.29, 0.717) is 24.8 Å². The maximum absolute atomic E-state index is 13.0. The number of benzene rings is 2. The Kier molecular flexibility index (Phi) is 9.84. The van der Waals surface area contributed by atoms with Gasteiger partial charge in [-0.3, -0.25) is 4.79 Å². The molecule has 0 aromatic heterocycles. The number of rotatable bonds is 10. The Morgan fingerprint density at radius 2 is 1.74 bits per heavy atom. The van der Waals surface area contributed by atoms with E-state index in [1.807, 2.05) is 19.1 Å². The van der Waals surface area contributed by atoms with Crippen molar-refractivity contribution < 1.29 is 37.3 Å². The van der Waals surface area contributed by atoms with E-state index < -0.39 is 24.1 Å². The number of anilines is 3. The van der Waals surface area contributed by atoms with Crippen LogP contribution in [0.1, 0.15) is 51.5 Å². The summed E-state index contributed by atoms with van der Waals surface area (Å²) in [6.45, 7) is 8.06. The Morgan fingerprint density at radius 3 is 2.32 bits per heavy atom. The van der Waals surface area contributed by atoms with E-state index in [1.165, 1.54) is 12.1 Å². The van der Waals surface area contributed by atoms with Crippen LogP contribution in [-0.4, -0.2) is 49.3 Å². The summed E-state index contributed by atoms with van der Waals surface area (Å²) in [5.74, 6) is -1.27. The first kappa shape index (κ1) is 29.1. The number of ether oxygens (including phenoxy) is 2. The number of halogens is 3. The maximum Gasteiger partial charge on any atom is 0.573 e. The number of hydrogen-bond acceptors (Lipinski definition) is 5. The van der Waals surface area contributed by atoms with Crippen LogP contribution >= 0.6 is 0 Å². The van der Waals surface area contributed by atoms with Gasteiger partial charge >= 0.3 is 18.4 Å². The van der Waals surface area contributed by atoms with Crippen LogP contribution in [0.15, 0.2) is 42.5 Å². The summed E-state index contributed by atoms with van der Waals surface area (Å²) >= 11 is 0. The zero-order chi connectivity index (χ0) is 27.9. The van der Waals surface area contributed by atoms with Crippen LogP contribution in [-0.2, 0) is 9.53 Å². The molecule has 0 spiro atoms. The molecule has 1 saturated heterocycles. The number of nitrogens with zero attached hydrogens (tertiary/aromatic N) is 1. The molecule has 208 valence electrons. The van der Waals surface area contributed by atoms with Crippen molar-refractivity contribution in [2.45, 2.75) is 58.4 Å². The van der Waals surface area contributed by atoms with Gasteiger partial charge in [-0.05, 0) is 66.6 Å². The molecule has 1 aliphatic rings. The van der Waals surface area contributed by atoms with Crippen molar-refractivity contribution >= 4 is 29.1 Å². The number of carboxylic acid groups (broad SMARTS) is 1. The number of aliphatic carboxylic acids is 1. The molecule has 1 unspecified atom stereocenters. The highest BCUT2D eigenvalue weighted by atomic mass is 19.4. The molecule has 1 atom stereocenters. The molecule has 0 aliphatic carbocycles. The SMILES string of the molecule is CC(C)CN(c1ccc(C(C)CC(=O)O)cc1NC(=O)Nc1ccc(OC(F)(F)F)cc1)C1CCOCC1. The highest BCUT2D eigenvalue weighted by Crippen LogP contribution is 2.35. The van der Waals surface area contributed by atoms with Crippen molar-refractivity contribution in [1.29, 1.82) is 0 Å². The van der Waals surface area contributed by atoms with E-state index in [2.05, 4.69) is 34.1 Å². The van der Waals surface area contributed by atoms with Gasteiger partial charge in [-0.1, -0.05) is 26.8 Å². The standard InChI is InChI=1S/C27H34F3N3O5/c1-17(2)16-33(21-10-12-37-13-11-21)24-9-4-19(18(3)14-25(34)35)15-23(24)32-26(36)31-20-5-7-22(8-6-20)38-27(28,29)30/h4-9,15,17-18,21H,10-14,16H2,1-3H3,(H,34,35)(H2,31,32,36). The number of amides is 2. The van der Waals surface area contributed by atoms with Gasteiger partial charge in [-0.15, -0.1) is 13.2 Å². The molecule has 2 aromatic carbocycles. The second kappa shape index (κ2) is 12.9. The molecule has 1 aliphatic heterocycles. The summed E-state index contributed by atoms with van der Waals surface area (Å²) in [6, 6.07) is 10.0. The fraction of sp³-hybridized carbons (Fsp3) is 0.481. The molecule has 11 heteroatoms. The smallest absolute Gasteiger partial charge is 0.481 e. The quantitative estimate of drug-likeness (QED) is 0.322. The lowest BCUT2D eigenvalue weighted by atomic mass is 9.95. The van der Waals surface area contributed by atoms with E-state index >= 15 is 0 Å². The monoisotopic (exact) mass is 537 g/mol. The van der Waals surface area contributed by atoms with Gasteiger partial charge in [-0.25, -0.2) is 4.79 Å². The van der Waals surface area contributed by atoms with Gasteiger partial charge in [0.15, 0.2) is 0 Å². The minimum atomic E-state index is -4.81. The van der Waals surface area contributed by atoms with Crippen LogP contribution in [0, 0.1) is 5.92 Å². The predicted octanol–water partition coefficient (Wildman–Crippen LogP) is 6.45. The minimum Gasteiger partial charge on any atom is -0.481 e. The summed E-state index contributed by atoms with van der Waals surface area (Å²) < 4.78 is 46.7. The summed E-state index contributed by atoms with van der Waals surface area (Å²) in [5.41, 5.74) is 2.36. The van der Waals surface area contributed by atoms with Crippen LogP contribution in [0.3, 0.4) is 0 Å². The Bertz CT molecular complexity index is 1090. The normalized spacial score (nSPS) is 15.1. The third-order valence-corrected chi connectivity index (χ3v) is 6.17. The number of carbonyl (C=O) groups is 2. The van der Waals surface area contributed by atoms with Crippen LogP contribution in [0.25, 0.3) is 0 Å². The number of carbonyl (C=O) groups excluding carboxylic acids is 1. The number of alkyl halides is 3. The van der Waals surface area contributed by atoms with Gasteiger partial charge in [0.25, 0.3) is 0 Å². The first-order chi connectivity index (χ1) is 17.9. The van der Waals surface area contributed by atoms with Gasteiger partial charge in [0, 0.05) is 31.5 Å². The zero-order valence-electron chi connectivity index (χ0n) is 21.7. The van der Waals surface area contributed by atoms with E-state index in [9.17, 15) is 27.9 Å². The molecule has 3 N–H and O–H groups in total. The molecule has 1 heterocycles. The molecular formula is C27H34F3N3O5. The van der Waals surface area contributed by atoms with E-state index in [1.54, 1.807) is 6.07 Å². The summed E-state index contributed by atoms with van der Waals surface area (Å²) in [4.78, 5) is 26.5. The molecular weight excluding hydrogens is 503 g/mol. The molecule has 0 radical (unpaired) electrons. The zero-order valence-corrected chi connectivity index (χ0v) is 21.7. The van der Waals surface area contributed by atoms with Crippen molar-refractivity contribution in [1.82, 2.24) is 0 Å². The van der Waals surface area contributed by atoms with Crippen LogP contribution in [0.2, 0.25) is 0 Å².